The number of rotatable bonds is 3. The van der Waals surface area contributed by atoms with Crippen LogP contribution in [-0.2, 0) is 0 Å². The van der Waals surface area contributed by atoms with E-state index in [1.807, 2.05) is 6.07 Å². The van der Waals surface area contributed by atoms with Crippen molar-refractivity contribution in [1.82, 2.24) is 0 Å². The van der Waals surface area contributed by atoms with Crippen LogP contribution in [0.1, 0.15) is 12.5 Å². The zero-order valence-corrected chi connectivity index (χ0v) is 14.1. The van der Waals surface area contributed by atoms with E-state index in [1.54, 1.807) is 37.3 Å². The van der Waals surface area contributed by atoms with Gasteiger partial charge in [-0.1, -0.05) is 23.8 Å². The highest BCUT2D eigenvalue weighted by molar-refractivity contribution is 7.80. The second-order valence-corrected chi connectivity index (χ2v) is 6.14. The number of hydrogen-bond donors (Lipinski definition) is 0. The minimum absolute atomic E-state index is 0.00489. The third kappa shape index (κ3) is 3.34. The van der Waals surface area contributed by atoms with Crippen LogP contribution in [0.5, 0.6) is 0 Å². The minimum atomic E-state index is -0.458. The summed E-state index contributed by atoms with van der Waals surface area (Å²) >= 11 is 11.3. The van der Waals surface area contributed by atoms with Gasteiger partial charge in [0, 0.05) is 27.4 Å². The molecule has 24 heavy (non-hydrogen) atoms. The molecule has 120 valence electrons. The number of non-ortho nitro benzene ring substituents is 1. The predicted octanol–water partition coefficient (Wildman–Crippen LogP) is 4.96. The lowest BCUT2D eigenvalue weighted by molar-refractivity contribution is -0.384. The molecular formula is C17H11ClN2O3S. The van der Waals surface area contributed by atoms with Gasteiger partial charge in [-0.25, -0.2) is 4.99 Å². The standard InChI is InChI=1S/C17H11ClN2O3S/c1-10(24)15-9-11-8-12(18)2-7-16(11)23-17(15)19-13-3-5-14(6-4-13)20(21)22/h2-9H,1H3. The number of nitro benzene ring substituents is 1. The molecule has 2 aromatic carbocycles. The molecule has 0 unspecified atom stereocenters. The highest BCUT2D eigenvalue weighted by Crippen LogP contribution is 2.21. The summed E-state index contributed by atoms with van der Waals surface area (Å²) in [5, 5.41) is 12.1. The van der Waals surface area contributed by atoms with Crippen LogP contribution in [0.15, 0.2) is 57.9 Å². The van der Waals surface area contributed by atoms with Gasteiger partial charge in [0.05, 0.1) is 16.2 Å². The summed E-state index contributed by atoms with van der Waals surface area (Å²) in [6.07, 6.45) is 0. The van der Waals surface area contributed by atoms with Gasteiger partial charge in [-0.15, -0.1) is 0 Å². The van der Waals surface area contributed by atoms with Crippen LogP contribution in [0.25, 0.3) is 11.0 Å². The Morgan fingerprint density at radius 3 is 2.54 bits per heavy atom. The normalized spacial score (nSPS) is 11.7. The molecule has 3 aromatic rings. The van der Waals surface area contributed by atoms with Crippen LogP contribution in [0.2, 0.25) is 5.02 Å². The molecule has 0 N–H and O–H groups in total. The number of nitro groups is 1. The summed E-state index contributed by atoms with van der Waals surface area (Å²) in [5.74, 6) is 0. The van der Waals surface area contributed by atoms with Gasteiger partial charge < -0.3 is 4.42 Å². The third-order valence-corrected chi connectivity index (χ3v) is 3.83. The van der Waals surface area contributed by atoms with E-state index in [2.05, 4.69) is 4.99 Å². The van der Waals surface area contributed by atoms with Gasteiger partial charge in [-0.05, 0) is 43.3 Å². The van der Waals surface area contributed by atoms with Crippen LogP contribution < -0.4 is 5.55 Å². The van der Waals surface area contributed by atoms with Gasteiger partial charge in [0.1, 0.15) is 5.58 Å². The van der Waals surface area contributed by atoms with Crippen molar-refractivity contribution in [2.45, 2.75) is 6.92 Å². The molecule has 1 heterocycles. The quantitative estimate of drug-likeness (QED) is 0.287. The first kappa shape index (κ1) is 16.3. The summed E-state index contributed by atoms with van der Waals surface area (Å²) in [4.78, 5) is 15.3. The number of benzene rings is 2. The fourth-order valence-electron chi connectivity index (χ4n) is 2.20. The van der Waals surface area contributed by atoms with Crippen LogP contribution in [-0.4, -0.2) is 9.79 Å². The molecule has 0 atom stereocenters. The SMILES string of the molecule is CC(=S)c1cc2cc(Cl)ccc2oc1=Nc1ccc([N+](=O)[O-])cc1. The molecule has 3 rings (SSSR count). The van der Waals surface area contributed by atoms with Gasteiger partial charge in [0.2, 0.25) is 5.55 Å². The lowest BCUT2D eigenvalue weighted by Gasteiger charge is -2.04. The summed E-state index contributed by atoms with van der Waals surface area (Å²) in [6, 6.07) is 13.1. The Morgan fingerprint density at radius 2 is 1.92 bits per heavy atom. The van der Waals surface area contributed by atoms with E-state index in [4.69, 9.17) is 28.2 Å². The van der Waals surface area contributed by atoms with E-state index in [-0.39, 0.29) is 5.69 Å². The van der Waals surface area contributed by atoms with Crippen LogP contribution >= 0.6 is 23.8 Å². The molecule has 0 bridgehead atoms. The molecule has 1 aromatic heterocycles. The summed E-state index contributed by atoms with van der Waals surface area (Å²) in [7, 11) is 0. The molecule has 0 aliphatic rings. The van der Waals surface area contributed by atoms with E-state index < -0.39 is 4.92 Å². The Balaban J connectivity index is 2.19. The first-order valence-corrected chi connectivity index (χ1v) is 7.76. The average molecular weight is 359 g/mol. The largest absolute Gasteiger partial charge is 0.438 e. The number of thiocarbonyl (C=S) groups is 1. The van der Waals surface area contributed by atoms with Crippen LogP contribution in [0.4, 0.5) is 11.4 Å². The summed E-state index contributed by atoms with van der Waals surface area (Å²) < 4.78 is 5.84. The van der Waals surface area contributed by atoms with Gasteiger partial charge in [0.15, 0.2) is 0 Å². The first-order valence-electron chi connectivity index (χ1n) is 6.97. The maximum atomic E-state index is 10.7. The summed E-state index contributed by atoms with van der Waals surface area (Å²) in [5.41, 5.74) is 2.20. The first-order chi connectivity index (χ1) is 11.4. The topological polar surface area (TPSA) is 68.6 Å². The van der Waals surface area contributed by atoms with Gasteiger partial charge >= 0.3 is 0 Å². The lowest BCUT2D eigenvalue weighted by Crippen LogP contribution is -2.12. The molecule has 0 saturated carbocycles. The van der Waals surface area contributed by atoms with Crippen molar-refractivity contribution in [2.24, 2.45) is 4.99 Å². The molecule has 7 heteroatoms. The Morgan fingerprint density at radius 1 is 1.21 bits per heavy atom. The number of hydrogen-bond acceptors (Lipinski definition) is 5. The van der Waals surface area contributed by atoms with E-state index in [9.17, 15) is 10.1 Å². The van der Waals surface area contributed by atoms with Crippen molar-refractivity contribution in [1.29, 1.82) is 0 Å². The highest BCUT2D eigenvalue weighted by Gasteiger charge is 2.08. The second-order valence-electron chi connectivity index (χ2n) is 5.09. The number of halogens is 1. The monoisotopic (exact) mass is 358 g/mol. The highest BCUT2D eigenvalue weighted by atomic mass is 35.5. The number of nitrogens with zero attached hydrogens (tertiary/aromatic N) is 2. The van der Waals surface area contributed by atoms with Crippen molar-refractivity contribution in [3.63, 3.8) is 0 Å². The maximum Gasteiger partial charge on any atom is 0.269 e. The maximum absolute atomic E-state index is 10.7. The zero-order chi connectivity index (χ0) is 17.3. The molecule has 0 saturated heterocycles. The van der Waals surface area contributed by atoms with E-state index in [0.29, 0.717) is 32.3 Å². The van der Waals surface area contributed by atoms with Crippen LogP contribution in [0, 0.1) is 10.1 Å². The average Bonchev–Trinajstić information content (AvgIpc) is 2.54. The molecule has 0 aliphatic heterocycles. The van der Waals surface area contributed by atoms with Crippen molar-refractivity contribution in [3.05, 3.63) is 74.8 Å². The third-order valence-electron chi connectivity index (χ3n) is 3.38. The zero-order valence-electron chi connectivity index (χ0n) is 12.5. The fraction of sp³-hybridized carbons (Fsp3) is 0.0588. The second kappa shape index (κ2) is 6.51. The molecular weight excluding hydrogens is 348 g/mol. The Kier molecular flexibility index (Phi) is 4.42. The Labute approximate surface area is 147 Å². The molecule has 0 amide bonds. The smallest absolute Gasteiger partial charge is 0.269 e. The van der Waals surface area contributed by atoms with Crippen molar-refractivity contribution < 1.29 is 9.34 Å². The molecule has 0 fully saturated rings. The Bertz CT molecular complexity index is 1030. The van der Waals surface area contributed by atoms with Gasteiger partial charge in [-0.3, -0.25) is 10.1 Å². The van der Waals surface area contributed by atoms with E-state index in [1.165, 1.54) is 12.1 Å². The van der Waals surface area contributed by atoms with E-state index in [0.717, 1.165) is 5.39 Å². The molecule has 5 nitrogen and oxygen atoms in total. The minimum Gasteiger partial charge on any atom is -0.438 e. The summed E-state index contributed by atoms with van der Waals surface area (Å²) in [6.45, 7) is 1.78. The Hall–Kier alpha value is -2.57. The van der Waals surface area contributed by atoms with E-state index >= 15 is 0 Å². The van der Waals surface area contributed by atoms with Crippen molar-refractivity contribution >= 4 is 51.0 Å². The number of fused-ring (bicyclic) bond motifs is 1. The molecule has 0 aliphatic carbocycles. The molecule has 0 spiro atoms. The fourth-order valence-corrected chi connectivity index (χ4v) is 2.53. The van der Waals surface area contributed by atoms with Gasteiger partial charge in [0.25, 0.3) is 5.69 Å². The van der Waals surface area contributed by atoms with Gasteiger partial charge in [-0.2, -0.15) is 0 Å². The van der Waals surface area contributed by atoms with Crippen molar-refractivity contribution in [3.8, 4) is 0 Å². The molecule has 0 radical (unpaired) electrons. The predicted molar refractivity (Wildman–Crippen MR) is 96.9 cm³/mol. The van der Waals surface area contributed by atoms with Crippen LogP contribution in [0.3, 0.4) is 0 Å². The lowest BCUT2D eigenvalue weighted by atomic mass is 10.1. The van der Waals surface area contributed by atoms with Crippen molar-refractivity contribution in [2.75, 3.05) is 0 Å².